The molecule has 5 amide bonds. The maximum absolute atomic E-state index is 13.1. The van der Waals surface area contributed by atoms with Crippen LogP contribution in [0, 0.1) is 0 Å². The van der Waals surface area contributed by atoms with Crippen LogP contribution >= 0.6 is 0 Å². The lowest BCUT2D eigenvalue weighted by atomic mass is 9.87. The van der Waals surface area contributed by atoms with E-state index in [1.54, 1.807) is 76.2 Å². The Morgan fingerprint density at radius 2 is 1.67 bits per heavy atom. The zero-order chi connectivity index (χ0) is 24.2. The first-order valence-electron chi connectivity index (χ1n) is 10.6. The van der Waals surface area contributed by atoms with E-state index in [-0.39, 0.29) is 6.42 Å². The minimum atomic E-state index is -1.22. The van der Waals surface area contributed by atoms with Gasteiger partial charge in [0.25, 0.3) is 5.91 Å². The highest BCUT2D eigenvalue weighted by molar-refractivity contribution is 6.08. The van der Waals surface area contributed by atoms with E-state index in [0.717, 1.165) is 5.01 Å². The molecule has 1 fully saturated rings. The third-order valence-corrected chi connectivity index (χ3v) is 5.09. The van der Waals surface area contributed by atoms with Crippen molar-refractivity contribution in [3.05, 3.63) is 65.7 Å². The summed E-state index contributed by atoms with van der Waals surface area (Å²) in [5.74, 6) is -1.06. The summed E-state index contributed by atoms with van der Waals surface area (Å²) >= 11 is 0. The molecule has 9 heteroatoms. The summed E-state index contributed by atoms with van der Waals surface area (Å²) in [6.07, 6.45) is -0.307. The molecule has 3 rings (SSSR count). The number of nitrogens with zero attached hydrogens (tertiary/aromatic N) is 1. The maximum atomic E-state index is 13.1. The molecule has 2 aromatic carbocycles. The van der Waals surface area contributed by atoms with Crippen molar-refractivity contribution in [2.24, 2.45) is 0 Å². The van der Waals surface area contributed by atoms with Gasteiger partial charge in [-0.1, -0.05) is 49.4 Å². The fourth-order valence-corrected chi connectivity index (χ4v) is 3.52. The van der Waals surface area contributed by atoms with Gasteiger partial charge < -0.3 is 10.1 Å². The van der Waals surface area contributed by atoms with Gasteiger partial charge in [-0.15, -0.1) is 0 Å². The van der Waals surface area contributed by atoms with Gasteiger partial charge in [-0.2, -0.15) is 5.01 Å². The zero-order valence-electron chi connectivity index (χ0n) is 19.1. The van der Waals surface area contributed by atoms with E-state index >= 15 is 0 Å². The van der Waals surface area contributed by atoms with Crippen LogP contribution in [-0.2, 0) is 26.3 Å². The quantitative estimate of drug-likeness (QED) is 0.581. The lowest BCUT2D eigenvalue weighted by Gasteiger charge is -2.25. The van der Waals surface area contributed by atoms with Crippen molar-refractivity contribution < 1.29 is 23.9 Å². The van der Waals surface area contributed by atoms with E-state index in [1.807, 2.05) is 6.07 Å². The molecule has 174 valence electrons. The van der Waals surface area contributed by atoms with Crippen LogP contribution in [0.4, 0.5) is 15.3 Å². The number of nitrogens with one attached hydrogen (secondary N) is 3. The third kappa shape index (κ3) is 5.49. The normalized spacial score (nSPS) is 18.0. The van der Waals surface area contributed by atoms with E-state index in [9.17, 15) is 19.2 Å². The number of hydrogen-bond acceptors (Lipinski definition) is 5. The second-order valence-corrected chi connectivity index (χ2v) is 8.73. The summed E-state index contributed by atoms with van der Waals surface area (Å²) in [6.45, 7) is 7.10. The van der Waals surface area contributed by atoms with Crippen molar-refractivity contribution >= 4 is 29.6 Å². The molecule has 1 heterocycles. The Morgan fingerprint density at radius 1 is 1.03 bits per heavy atom. The van der Waals surface area contributed by atoms with Gasteiger partial charge >= 0.3 is 12.1 Å². The first-order chi connectivity index (χ1) is 15.5. The second-order valence-electron chi connectivity index (χ2n) is 8.73. The Labute approximate surface area is 192 Å². The smallest absolute Gasteiger partial charge is 0.412 e. The van der Waals surface area contributed by atoms with Gasteiger partial charge in [-0.25, -0.2) is 9.59 Å². The Balaban J connectivity index is 1.62. The monoisotopic (exact) mass is 452 g/mol. The van der Waals surface area contributed by atoms with E-state index in [1.165, 1.54) is 0 Å². The molecule has 3 N–H and O–H groups in total. The van der Waals surface area contributed by atoms with Crippen LogP contribution in [-0.4, -0.2) is 34.5 Å². The minimum Gasteiger partial charge on any atom is -0.444 e. The molecule has 0 aliphatic carbocycles. The van der Waals surface area contributed by atoms with Crippen molar-refractivity contribution in [3.63, 3.8) is 0 Å². The molecule has 1 saturated heterocycles. The molecule has 0 spiro atoms. The summed E-state index contributed by atoms with van der Waals surface area (Å²) in [4.78, 5) is 50.0. The van der Waals surface area contributed by atoms with Crippen molar-refractivity contribution in [3.8, 4) is 0 Å². The standard InChI is InChI=1S/C24H28N4O5/c1-5-24(17-9-7-6-8-10-17)20(30)28(21(31)26-24)27-19(29)15-16-11-13-18(14-12-16)25-22(32)33-23(2,3)4/h6-14H,5,15H2,1-4H3,(H,25,32)(H,26,31)(H,27,29)/t24-/m1/s1. The van der Waals surface area contributed by atoms with Crippen molar-refractivity contribution in [2.45, 2.75) is 51.7 Å². The summed E-state index contributed by atoms with van der Waals surface area (Å²) in [7, 11) is 0. The van der Waals surface area contributed by atoms with E-state index < -0.39 is 35.1 Å². The van der Waals surface area contributed by atoms with Gasteiger partial charge in [-0.3, -0.25) is 20.3 Å². The molecule has 1 atom stereocenters. The Morgan fingerprint density at radius 3 is 2.24 bits per heavy atom. The fourth-order valence-electron chi connectivity index (χ4n) is 3.52. The van der Waals surface area contributed by atoms with Crippen LogP contribution in [0.1, 0.15) is 45.2 Å². The van der Waals surface area contributed by atoms with Gasteiger partial charge in [0.2, 0.25) is 5.91 Å². The lowest BCUT2D eigenvalue weighted by molar-refractivity contribution is -0.139. The number of urea groups is 1. The molecule has 9 nitrogen and oxygen atoms in total. The van der Waals surface area contributed by atoms with E-state index in [2.05, 4.69) is 16.1 Å². The summed E-state index contributed by atoms with van der Waals surface area (Å²) in [5, 5.41) is 6.06. The number of ether oxygens (including phenoxy) is 1. The highest BCUT2D eigenvalue weighted by Gasteiger charge is 2.52. The van der Waals surface area contributed by atoms with Crippen LogP contribution in [0.15, 0.2) is 54.6 Å². The molecule has 0 saturated carbocycles. The Kier molecular flexibility index (Phi) is 6.71. The highest BCUT2D eigenvalue weighted by atomic mass is 16.6. The van der Waals surface area contributed by atoms with Gasteiger partial charge in [0.15, 0.2) is 0 Å². The average Bonchev–Trinajstić information content (AvgIpc) is 2.99. The number of anilines is 1. The number of carbonyl (C=O) groups excluding carboxylic acids is 4. The van der Waals surface area contributed by atoms with Crippen LogP contribution in [0.3, 0.4) is 0 Å². The SMILES string of the molecule is CC[C@]1(c2ccccc2)NC(=O)N(NC(=O)Cc2ccc(NC(=O)OC(C)(C)C)cc2)C1=O. The largest absolute Gasteiger partial charge is 0.444 e. The van der Waals surface area contributed by atoms with Gasteiger partial charge in [-0.05, 0) is 50.5 Å². The van der Waals surface area contributed by atoms with E-state index in [4.69, 9.17) is 4.74 Å². The second kappa shape index (κ2) is 9.32. The number of carbonyl (C=O) groups is 4. The highest BCUT2D eigenvalue weighted by Crippen LogP contribution is 2.31. The van der Waals surface area contributed by atoms with Crippen molar-refractivity contribution in [1.82, 2.24) is 15.8 Å². The van der Waals surface area contributed by atoms with Gasteiger partial charge in [0, 0.05) is 5.69 Å². The zero-order valence-corrected chi connectivity index (χ0v) is 19.1. The third-order valence-electron chi connectivity index (χ3n) is 5.09. The van der Waals surface area contributed by atoms with Crippen LogP contribution in [0.2, 0.25) is 0 Å². The topological polar surface area (TPSA) is 117 Å². The molecule has 1 aliphatic rings. The molecule has 0 bridgehead atoms. The Hall–Kier alpha value is -3.88. The number of hydrogen-bond donors (Lipinski definition) is 3. The molecule has 0 radical (unpaired) electrons. The predicted octanol–water partition coefficient (Wildman–Crippen LogP) is 3.46. The number of benzene rings is 2. The first kappa shape index (κ1) is 23.8. The number of rotatable bonds is 6. The molecule has 2 aromatic rings. The minimum absolute atomic E-state index is 0.0613. The number of imide groups is 1. The molecule has 33 heavy (non-hydrogen) atoms. The summed E-state index contributed by atoms with van der Waals surface area (Å²) in [6, 6.07) is 14.8. The van der Waals surface area contributed by atoms with Crippen molar-refractivity contribution in [1.29, 1.82) is 0 Å². The molecular weight excluding hydrogens is 424 g/mol. The molecule has 0 aromatic heterocycles. The Bertz CT molecular complexity index is 1050. The molecule has 0 unspecified atom stereocenters. The van der Waals surface area contributed by atoms with E-state index in [0.29, 0.717) is 23.2 Å². The van der Waals surface area contributed by atoms with Crippen LogP contribution < -0.4 is 16.1 Å². The number of hydrazine groups is 1. The average molecular weight is 453 g/mol. The first-order valence-corrected chi connectivity index (χ1v) is 10.6. The van der Waals surface area contributed by atoms with Crippen LogP contribution in [0.25, 0.3) is 0 Å². The summed E-state index contributed by atoms with van der Waals surface area (Å²) < 4.78 is 5.20. The number of amides is 5. The molecular formula is C24H28N4O5. The predicted molar refractivity (Wildman–Crippen MR) is 122 cm³/mol. The lowest BCUT2D eigenvalue weighted by Crippen LogP contribution is -2.49. The fraction of sp³-hybridized carbons (Fsp3) is 0.333. The van der Waals surface area contributed by atoms with Gasteiger partial charge in [0.05, 0.1) is 6.42 Å². The van der Waals surface area contributed by atoms with Crippen molar-refractivity contribution in [2.75, 3.05) is 5.32 Å². The van der Waals surface area contributed by atoms with Gasteiger partial charge in [0.1, 0.15) is 11.1 Å². The van der Waals surface area contributed by atoms with Crippen LogP contribution in [0.5, 0.6) is 0 Å². The summed E-state index contributed by atoms with van der Waals surface area (Å²) in [5.41, 5.74) is 2.36. The maximum Gasteiger partial charge on any atom is 0.412 e. The molecule has 1 aliphatic heterocycles.